The predicted molar refractivity (Wildman–Crippen MR) is 98.2 cm³/mol. The molecular weight excluding hydrogens is 316 g/mol. The smallest absolute Gasteiger partial charge is 0.257 e. The SMILES string of the molecule is COc1ccc2[nH]c(C)c(CCNC(=O)COc3ccccc3)c2c1. The summed E-state index contributed by atoms with van der Waals surface area (Å²) in [5.74, 6) is 1.39. The van der Waals surface area contributed by atoms with Crippen LogP contribution in [0.5, 0.6) is 11.5 Å². The molecule has 130 valence electrons. The minimum atomic E-state index is -0.126. The number of amides is 1. The van der Waals surface area contributed by atoms with Crippen LogP contribution in [0.1, 0.15) is 11.3 Å². The van der Waals surface area contributed by atoms with Gasteiger partial charge in [0.2, 0.25) is 0 Å². The van der Waals surface area contributed by atoms with Crippen molar-refractivity contribution >= 4 is 16.8 Å². The molecule has 25 heavy (non-hydrogen) atoms. The molecule has 0 aliphatic carbocycles. The van der Waals surface area contributed by atoms with Crippen molar-refractivity contribution < 1.29 is 14.3 Å². The molecule has 0 bridgehead atoms. The van der Waals surface area contributed by atoms with Gasteiger partial charge in [-0.05, 0) is 49.2 Å². The van der Waals surface area contributed by atoms with Crippen molar-refractivity contribution in [2.24, 2.45) is 0 Å². The van der Waals surface area contributed by atoms with E-state index in [0.29, 0.717) is 12.3 Å². The molecule has 0 saturated heterocycles. The Morgan fingerprint density at radius 3 is 2.68 bits per heavy atom. The van der Waals surface area contributed by atoms with Crippen LogP contribution in [0.3, 0.4) is 0 Å². The van der Waals surface area contributed by atoms with Gasteiger partial charge >= 0.3 is 0 Å². The maximum atomic E-state index is 11.9. The number of methoxy groups -OCH3 is 1. The molecule has 2 N–H and O–H groups in total. The Balaban J connectivity index is 1.55. The topological polar surface area (TPSA) is 63.3 Å². The van der Waals surface area contributed by atoms with Crippen molar-refractivity contribution in [1.82, 2.24) is 10.3 Å². The van der Waals surface area contributed by atoms with Gasteiger partial charge in [0.05, 0.1) is 7.11 Å². The third-order valence-corrected chi connectivity index (χ3v) is 4.14. The Morgan fingerprint density at radius 1 is 1.12 bits per heavy atom. The molecule has 5 heteroatoms. The van der Waals surface area contributed by atoms with Crippen molar-refractivity contribution in [2.75, 3.05) is 20.3 Å². The van der Waals surface area contributed by atoms with E-state index in [2.05, 4.69) is 10.3 Å². The number of rotatable bonds is 7. The predicted octanol–water partition coefficient (Wildman–Crippen LogP) is 3.22. The highest BCUT2D eigenvalue weighted by Gasteiger charge is 2.10. The second-order valence-electron chi connectivity index (χ2n) is 5.84. The summed E-state index contributed by atoms with van der Waals surface area (Å²) >= 11 is 0. The van der Waals surface area contributed by atoms with Crippen molar-refractivity contribution in [2.45, 2.75) is 13.3 Å². The molecule has 0 spiro atoms. The first-order valence-electron chi connectivity index (χ1n) is 8.27. The standard InChI is InChI=1S/C20H22N2O3/c1-14-17(18-12-16(24-2)8-9-19(18)22-14)10-11-21-20(23)13-25-15-6-4-3-5-7-15/h3-9,12,22H,10-11,13H2,1-2H3,(H,21,23). The lowest BCUT2D eigenvalue weighted by Gasteiger charge is -2.08. The van der Waals surface area contributed by atoms with Crippen LogP contribution in [0.25, 0.3) is 10.9 Å². The number of aromatic amines is 1. The molecule has 0 radical (unpaired) electrons. The lowest BCUT2D eigenvalue weighted by molar-refractivity contribution is -0.123. The summed E-state index contributed by atoms with van der Waals surface area (Å²) in [5.41, 5.74) is 3.38. The molecule has 0 atom stereocenters. The van der Waals surface area contributed by atoms with Gasteiger partial charge in [0.1, 0.15) is 11.5 Å². The highest BCUT2D eigenvalue weighted by atomic mass is 16.5. The summed E-state index contributed by atoms with van der Waals surface area (Å²) in [6, 6.07) is 15.3. The molecule has 3 aromatic rings. The van der Waals surface area contributed by atoms with E-state index in [1.54, 1.807) is 7.11 Å². The summed E-state index contributed by atoms with van der Waals surface area (Å²) in [5, 5.41) is 4.03. The van der Waals surface area contributed by atoms with E-state index < -0.39 is 0 Å². The van der Waals surface area contributed by atoms with E-state index in [-0.39, 0.29) is 12.5 Å². The van der Waals surface area contributed by atoms with Gasteiger partial charge in [-0.15, -0.1) is 0 Å². The van der Waals surface area contributed by atoms with Gasteiger partial charge in [-0.25, -0.2) is 0 Å². The van der Waals surface area contributed by atoms with Crippen LogP contribution < -0.4 is 14.8 Å². The molecule has 0 saturated carbocycles. The number of carbonyl (C=O) groups excluding carboxylic acids is 1. The number of ether oxygens (including phenoxy) is 2. The van der Waals surface area contributed by atoms with Crippen molar-refractivity contribution in [3.8, 4) is 11.5 Å². The maximum absolute atomic E-state index is 11.9. The fraction of sp³-hybridized carbons (Fsp3) is 0.250. The fourth-order valence-electron chi connectivity index (χ4n) is 2.85. The van der Waals surface area contributed by atoms with E-state index in [9.17, 15) is 4.79 Å². The van der Waals surface area contributed by atoms with E-state index >= 15 is 0 Å². The summed E-state index contributed by atoms with van der Waals surface area (Å²) in [7, 11) is 1.66. The lowest BCUT2D eigenvalue weighted by Crippen LogP contribution is -2.30. The second-order valence-corrected chi connectivity index (χ2v) is 5.84. The minimum absolute atomic E-state index is 0.0186. The average molecular weight is 338 g/mol. The zero-order chi connectivity index (χ0) is 17.6. The van der Waals surface area contributed by atoms with Crippen LogP contribution in [0.4, 0.5) is 0 Å². The molecule has 1 heterocycles. The molecular formula is C20H22N2O3. The van der Waals surface area contributed by atoms with E-state index in [1.807, 2.05) is 55.5 Å². The number of nitrogens with one attached hydrogen (secondary N) is 2. The lowest BCUT2D eigenvalue weighted by atomic mass is 10.1. The number of aryl methyl sites for hydroxylation is 1. The number of H-pyrrole nitrogens is 1. The third kappa shape index (κ3) is 4.12. The highest BCUT2D eigenvalue weighted by Crippen LogP contribution is 2.26. The molecule has 2 aromatic carbocycles. The van der Waals surface area contributed by atoms with Crippen LogP contribution in [0.15, 0.2) is 48.5 Å². The van der Waals surface area contributed by atoms with Gasteiger partial charge in [-0.1, -0.05) is 18.2 Å². The summed E-state index contributed by atoms with van der Waals surface area (Å²) in [4.78, 5) is 15.3. The zero-order valence-electron chi connectivity index (χ0n) is 14.5. The Labute approximate surface area is 147 Å². The van der Waals surface area contributed by atoms with E-state index in [1.165, 1.54) is 5.56 Å². The van der Waals surface area contributed by atoms with Gasteiger partial charge in [0.15, 0.2) is 6.61 Å². The van der Waals surface area contributed by atoms with Gasteiger partial charge in [-0.3, -0.25) is 4.79 Å². The molecule has 1 aromatic heterocycles. The Morgan fingerprint density at radius 2 is 1.92 bits per heavy atom. The molecule has 0 aliphatic rings. The van der Waals surface area contributed by atoms with Crippen LogP contribution >= 0.6 is 0 Å². The summed E-state index contributed by atoms with van der Waals surface area (Å²) < 4.78 is 10.7. The molecule has 0 unspecified atom stereocenters. The largest absolute Gasteiger partial charge is 0.497 e. The van der Waals surface area contributed by atoms with Crippen LogP contribution in [-0.4, -0.2) is 31.2 Å². The molecule has 3 rings (SSSR count). The van der Waals surface area contributed by atoms with Gasteiger partial charge < -0.3 is 19.8 Å². The molecule has 1 amide bonds. The fourth-order valence-corrected chi connectivity index (χ4v) is 2.85. The maximum Gasteiger partial charge on any atom is 0.257 e. The van der Waals surface area contributed by atoms with E-state index in [4.69, 9.17) is 9.47 Å². The summed E-state index contributed by atoms with van der Waals surface area (Å²) in [6.45, 7) is 2.62. The second kappa shape index (κ2) is 7.75. The van der Waals surface area contributed by atoms with Gasteiger partial charge in [-0.2, -0.15) is 0 Å². The zero-order valence-corrected chi connectivity index (χ0v) is 14.5. The first-order chi connectivity index (χ1) is 12.2. The minimum Gasteiger partial charge on any atom is -0.497 e. The average Bonchev–Trinajstić information content (AvgIpc) is 2.95. The van der Waals surface area contributed by atoms with Crippen LogP contribution in [0, 0.1) is 6.92 Å². The number of hydrogen-bond acceptors (Lipinski definition) is 3. The highest BCUT2D eigenvalue weighted by molar-refractivity contribution is 5.86. The first kappa shape index (κ1) is 16.9. The number of para-hydroxylation sites is 1. The van der Waals surface area contributed by atoms with Gasteiger partial charge in [0.25, 0.3) is 5.91 Å². The van der Waals surface area contributed by atoms with Crippen molar-refractivity contribution in [1.29, 1.82) is 0 Å². The quantitative estimate of drug-likeness (QED) is 0.695. The number of aromatic nitrogens is 1. The third-order valence-electron chi connectivity index (χ3n) is 4.14. The first-order valence-corrected chi connectivity index (χ1v) is 8.27. The normalized spacial score (nSPS) is 10.6. The molecule has 5 nitrogen and oxygen atoms in total. The number of hydrogen-bond donors (Lipinski definition) is 2. The molecule has 0 fully saturated rings. The Bertz CT molecular complexity index is 856. The number of benzene rings is 2. The van der Waals surface area contributed by atoms with Gasteiger partial charge in [0, 0.05) is 23.1 Å². The van der Waals surface area contributed by atoms with E-state index in [0.717, 1.165) is 28.8 Å². The number of carbonyl (C=O) groups is 1. The monoisotopic (exact) mass is 338 g/mol. The number of fused-ring (bicyclic) bond motifs is 1. The Hall–Kier alpha value is -2.95. The van der Waals surface area contributed by atoms with Crippen molar-refractivity contribution in [3.63, 3.8) is 0 Å². The Kier molecular flexibility index (Phi) is 5.23. The van der Waals surface area contributed by atoms with Crippen LogP contribution in [0.2, 0.25) is 0 Å². The summed E-state index contributed by atoms with van der Waals surface area (Å²) in [6.07, 6.45) is 0.746. The van der Waals surface area contributed by atoms with Crippen molar-refractivity contribution in [3.05, 3.63) is 59.8 Å². The molecule has 0 aliphatic heterocycles. The van der Waals surface area contributed by atoms with Crippen LogP contribution in [-0.2, 0) is 11.2 Å².